The monoisotopic (exact) mass is 330 g/mol. The van der Waals surface area contributed by atoms with Crippen LogP contribution in [0.3, 0.4) is 0 Å². The topological polar surface area (TPSA) is 50.2 Å². The summed E-state index contributed by atoms with van der Waals surface area (Å²) in [5.74, 6) is 0. The third kappa shape index (κ3) is 2.52. The summed E-state index contributed by atoms with van der Waals surface area (Å²) in [4.78, 5) is 2.45. The van der Waals surface area contributed by atoms with Crippen molar-refractivity contribution < 1.29 is 27.4 Å². The van der Waals surface area contributed by atoms with E-state index in [2.05, 4.69) is 4.98 Å². The van der Waals surface area contributed by atoms with Crippen LogP contribution >= 0.6 is 24.4 Å². The molecule has 0 aromatic carbocycles. The number of aliphatic hydroxyl groups excluding tert-OH is 1. The summed E-state index contributed by atoms with van der Waals surface area (Å²) in [6.45, 7) is -0.714. The van der Waals surface area contributed by atoms with Crippen molar-refractivity contribution in [1.82, 2.24) is 9.55 Å². The van der Waals surface area contributed by atoms with Gasteiger partial charge >= 0.3 is 6.18 Å². The summed E-state index contributed by atoms with van der Waals surface area (Å²) < 4.78 is 59.2. The van der Waals surface area contributed by atoms with Crippen LogP contribution in [-0.2, 0) is 4.74 Å². The van der Waals surface area contributed by atoms with E-state index >= 15 is 0 Å². The second-order valence-electron chi connectivity index (χ2n) is 4.37. The lowest BCUT2D eigenvalue weighted by molar-refractivity contribution is -0.256. The van der Waals surface area contributed by atoms with E-state index in [1.165, 1.54) is 6.07 Å². The average Bonchev–Trinajstić information content (AvgIpc) is 2.67. The number of aliphatic hydroxyl groups is 1. The zero-order chi connectivity index (χ0) is 15.1. The van der Waals surface area contributed by atoms with Gasteiger partial charge in [-0.15, -0.1) is 0 Å². The Morgan fingerprint density at radius 1 is 1.50 bits per heavy atom. The largest absolute Gasteiger partial charge is 0.427 e. The molecule has 1 aliphatic rings. The van der Waals surface area contributed by atoms with E-state index in [-0.39, 0.29) is 9.41 Å². The first kappa shape index (κ1) is 15.5. The van der Waals surface area contributed by atoms with Crippen LogP contribution in [0.15, 0.2) is 12.3 Å². The Hall–Kier alpha value is -0.840. The molecule has 0 bridgehead atoms. The zero-order valence-electron chi connectivity index (χ0n) is 9.85. The lowest BCUT2D eigenvalue weighted by Gasteiger charge is -2.29. The number of H-pyrrole nitrogens is 1. The van der Waals surface area contributed by atoms with E-state index < -0.39 is 37.2 Å². The number of aromatic nitrogens is 2. The average molecular weight is 330 g/mol. The number of hydrogen-bond acceptors (Lipinski definition) is 4. The first-order valence-corrected chi connectivity index (χ1v) is 6.34. The first-order chi connectivity index (χ1) is 9.19. The van der Waals surface area contributed by atoms with E-state index in [9.17, 15) is 17.6 Å². The fourth-order valence-electron chi connectivity index (χ4n) is 2.03. The molecule has 1 saturated heterocycles. The fourth-order valence-corrected chi connectivity index (χ4v) is 2.52. The summed E-state index contributed by atoms with van der Waals surface area (Å²) >= 11 is 9.62. The number of aromatic amines is 1. The van der Waals surface area contributed by atoms with E-state index in [1.807, 2.05) is 0 Å². The molecule has 2 N–H and O–H groups in total. The first-order valence-electron chi connectivity index (χ1n) is 5.52. The zero-order valence-corrected chi connectivity index (χ0v) is 11.5. The van der Waals surface area contributed by atoms with Gasteiger partial charge in [0.25, 0.3) is 5.67 Å². The van der Waals surface area contributed by atoms with E-state index in [0.29, 0.717) is 0 Å². The second-order valence-corrected chi connectivity index (χ2v) is 5.20. The van der Waals surface area contributed by atoms with Gasteiger partial charge in [-0.3, -0.25) is 4.57 Å². The number of alkyl halides is 4. The lowest BCUT2D eigenvalue weighted by Crippen LogP contribution is -2.45. The van der Waals surface area contributed by atoms with Crippen molar-refractivity contribution in [3.05, 3.63) is 21.7 Å². The molecule has 20 heavy (non-hydrogen) atoms. The van der Waals surface area contributed by atoms with Gasteiger partial charge in [0.15, 0.2) is 11.0 Å². The second kappa shape index (κ2) is 5.17. The molecule has 1 fully saturated rings. The molecule has 1 aromatic rings. The molecule has 2 rings (SSSR count). The summed E-state index contributed by atoms with van der Waals surface area (Å²) in [6, 6.07) is 1.28. The third-order valence-corrected chi connectivity index (χ3v) is 3.57. The van der Waals surface area contributed by atoms with Crippen LogP contribution < -0.4 is 0 Å². The van der Waals surface area contributed by atoms with Gasteiger partial charge in [0.1, 0.15) is 4.64 Å². The minimum absolute atomic E-state index is 0.188. The maximum Gasteiger partial charge on any atom is 0.427 e. The molecule has 2 heterocycles. The predicted octanol–water partition coefficient (Wildman–Crippen LogP) is 2.83. The Balaban J connectivity index is 2.52. The Bertz CT molecular complexity index is 614. The van der Waals surface area contributed by atoms with Gasteiger partial charge in [0.2, 0.25) is 0 Å². The van der Waals surface area contributed by atoms with E-state index in [4.69, 9.17) is 34.3 Å². The Kier molecular flexibility index (Phi) is 4.02. The molecule has 0 amide bonds. The molecule has 0 aliphatic carbocycles. The van der Waals surface area contributed by atoms with Crippen molar-refractivity contribution in [1.29, 1.82) is 0 Å². The van der Waals surface area contributed by atoms with Crippen molar-refractivity contribution in [3.8, 4) is 0 Å². The maximum atomic E-state index is 14.4. The van der Waals surface area contributed by atoms with Crippen LogP contribution in [0.1, 0.15) is 12.6 Å². The standard InChI is InChI=1S/C10H10F4N2O2S2/c11-9(10(12,13)14)3-5(4-17)18-7(9)16-2-1-6(19)15-8(16)20/h1-2,5,7,17H,3-4H2,(H,15,19,20)/t5-,7+,9?/m0/s1. The number of ether oxygens (including phenoxy) is 1. The molecule has 4 nitrogen and oxygen atoms in total. The minimum Gasteiger partial charge on any atom is -0.394 e. The SMILES string of the molecule is OC[C@@H]1CC(F)(C(F)(F)F)[C@H](n2ccc(=S)[nH]c2=S)O1. The summed E-state index contributed by atoms with van der Waals surface area (Å²) in [6.07, 6.45) is -8.26. The molecule has 0 saturated carbocycles. The molecule has 1 unspecified atom stereocenters. The normalized spacial score (nSPS) is 30.6. The van der Waals surface area contributed by atoms with Crippen molar-refractivity contribution in [2.24, 2.45) is 0 Å². The van der Waals surface area contributed by atoms with Gasteiger partial charge in [0, 0.05) is 12.6 Å². The van der Waals surface area contributed by atoms with Crippen LogP contribution in [-0.4, -0.2) is 39.2 Å². The van der Waals surface area contributed by atoms with Gasteiger partial charge in [-0.1, -0.05) is 12.2 Å². The fraction of sp³-hybridized carbons (Fsp3) is 0.600. The molecule has 1 aliphatic heterocycles. The molecular formula is C10H10F4N2O2S2. The van der Waals surface area contributed by atoms with Crippen LogP contribution in [0.4, 0.5) is 17.6 Å². The van der Waals surface area contributed by atoms with Gasteiger partial charge in [-0.2, -0.15) is 13.2 Å². The summed E-state index contributed by atoms with van der Waals surface area (Å²) in [7, 11) is 0. The Morgan fingerprint density at radius 2 is 2.15 bits per heavy atom. The lowest BCUT2D eigenvalue weighted by atomic mass is 9.99. The maximum absolute atomic E-state index is 14.4. The van der Waals surface area contributed by atoms with Crippen LogP contribution in [0, 0.1) is 9.41 Å². The number of nitrogens with zero attached hydrogens (tertiary/aromatic N) is 1. The van der Waals surface area contributed by atoms with Crippen LogP contribution in [0.25, 0.3) is 0 Å². The van der Waals surface area contributed by atoms with Gasteiger partial charge in [-0.05, 0) is 18.3 Å². The van der Waals surface area contributed by atoms with Gasteiger partial charge < -0.3 is 14.8 Å². The van der Waals surface area contributed by atoms with Crippen molar-refractivity contribution in [2.75, 3.05) is 6.61 Å². The number of rotatable bonds is 2. The predicted molar refractivity (Wildman–Crippen MR) is 66.0 cm³/mol. The highest BCUT2D eigenvalue weighted by Gasteiger charge is 2.67. The molecule has 10 heteroatoms. The highest BCUT2D eigenvalue weighted by molar-refractivity contribution is 7.72. The van der Waals surface area contributed by atoms with Crippen molar-refractivity contribution >= 4 is 24.4 Å². The van der Waals surface area contributed by atoms with E-state index in [0.717, 1.165) is 10.8 Å². The highest BCUT2D eigenvalue weighted by Crippen LogP contribution is 2.51. The molecule has 3 atom stereocenters. The Morgan fingerprint density at radius 3 is 2.65 bits per heavy atom. The Labute approximate surface area is 121 Å². The summed E-state index contributed by atoms with van der Waals surface area (Å²) in [5.41, 5.74) is -3.63. The molecule has 112 valence electrons. The third-order valence-electron chi connectivity index (χ3n) is 3.02. The number of hydrogen-bond donors (Lipinski definition) is 2. The minimum atomic E-state index is -5.15. The van der Waals surface area contributed by atoms with Crippen molar-refractivity contribution in [2.45, 2.75) is 30.6 Å². The quantitative estimate of drug-likeness (QED) is 0.647. The highest BCUT2D eigenvalue weighted by atomic mass is 32.1. The smallest absolute Gasteiger partial charge is 0.394 e. The van der Waals surface area contributed by atoms with E-state index in [1.54, 1.807) is 0 Å². The number of halogens is 4. The molecule has 0 radical (unpaired) electrons. The molecule has 1 aromatic heterocycles. The van der Waals surface area contributed by atoms with Crippen LogP contribution in [0.5, 0.6) is 0 Å². The summed E-state index contributed by atoms with van der Waals surface area (Å²) in [5, 5.41) is 8.92. The molecule has 0 spiro atoms. The molecular weight excluding hydrogens is 320 g/mol. The number of nitrogens with one attached hydrogen (secondary N) is 1. The van der Waals surface area contributed by atoms with Crippen LogP contribution in [0.2, 0.25) is 0 Å². The van der Waals surface area contributed by atoms with Crippen molar-refractivity contribution in [3.63, 3.8) is 0 Å². The van der Waals surface area contributed by atoms with Gasteiger partial charge in [-0.25, -0.2) is 4.39 Å². The van der Waals surface area contributed by atoms with Gasteiger partial charge in [0.05, 0.1) is 12.7 Å².